The number of urea groups is 1. The molecule has 1 aromatic carbocycles. The van der Waals surface area contributed by atoms with Crippen molar-refractivity contribution in [1.82, 2.24) is 15.3 Å². The number of benzene rings is 1. The quantitative estimate of drug-likeness (QED) is 0.359. The van der Waals surface area contributed by atoms with E-state index in [0.717, 1.165) is 17.6 Å². The zero-order chi connectivity index (χ0) is 24.0. The van der Waals surface area contributed by atoms with Crippen molar-refractivity contribution in [2.45, 2.75) is 26.3 Å². The molecule has 0 saturated carbocycles. The van der Waals surface area contributed by atoms with Crippen LogP contribution >= 0.6 is 0 Å². The number of anilines is 3. The van der Waals surface area contributed by atoms with E-state index in [-0.39, 0.29) is 11.6 Å². The van der Waals surface area contributed by atoms with Crippen molar-refractivity contribution in [3.63, 3.8) is 0 Å². The minimum absolute atomic E-state index is 0.198. The van der Waals surface area contributed by atoms with E-state index in [0.29, 0.717) is 16.8 Å². The largest absolute Gasteiger partial charge is 0.573 e. The summed E-state index contributed by atoms with van der Waals surface area (Å²) >= 11 is 0. The molecule has 8 nitrogen and oxygen atoms in total. The van der Waals surface area contributed by atoms with Crippen molar-refractivity contribution in [1.29, 1.82) is 5.41 Å². The molecule has 0 aliphatic rings. The Morgan fingerprint density at radius 2 is 1.97 bits per heavy atom. The highest BCUT2D eigenvalue weighted by molar-refractivity contribution is 5.92. The van der Waals surface area contributed by atoms with Gasteiger partial charge < -0.3 is 20.8 Å². The van der Waals surface area contributed by atoms with Crippen molar-refractivity contribution in [2.75, 3.05) is 10.6 Å². The fraction of sp³-hybridized carbons (Fsp3) is 0.182. The minimum atomic E-state index is -4.80. The molecular formula is C22H21F3N6O2. The maximum Gasteiger partial charge on any atom is 0.573 e. The van der Waals surface area contributed by atoms with Crippen molar-refractivity contribution in [3.05, 3.63) is 71.7 Å². The highest BCUT2D eigenvalue weighted by Gasteiger charge is 2.31. The second kappa shape index (κ2) is 9.98. The number of aromatic nitrogens is 2. The average Bonchev–Trinajstić information content (AvgIpc) is 2.73. The number of nitrogens with one attached hydrogen (secondary N) is 4. The Labute approximate surface area is 187 Å². The van der Waals surface area contributed by atoms with Crippen molar-refractivity contribution >= 4 is 29.4 Å². The molecule has 0 aliphatic carbocycles. The lowest BCUT2D eigenvalue weighted by atomic mass is 10.1. The molecule has 1 unspecified atom stereocenters. The molecule has 0 bridgehead atoms. The topological polar surface area (TPSA) is 112 Å². The standard InChI is InChI=1S/C22H21F3N6O2/c1-13-8-17(6-7-27-13)30-19-12-28-20(10-16(19)11-26)31-21(32)29-14(2)15-4-3-5-18(9-15)33-22(23,24)25/h3-12,14,26H,1-2H3,(H,27,30)(H2,28,29,31,32). The average molecular weight is 458 g/mol. The van der Waals surface area contributed by atoms with Crippen molar-refractivity contribution in [2.24, 2.45) is 0 Å². The van der Waals surface area contributed by atoms with Crippen molar-refractivity contribution < 1.29 is 22.7 Å². The van der Waals surface area contributed by atoms with Crippen LogP contribution in [0, 0.1) is 12.3 Å². The number of carbonyl (C=O) groups excluding carboxylic acids is 1. The molecular weight excluding hydrogens is 437 g/mol. The van der Waals surface area contributed by atoms with Crippen LogP contribution < -0.4 is 20.7 Å². The molecule has 2 heterocycles. The van der Waals surface area contributed by atoms with Crippen LogP contribution in [0.4, 0.5) is 35.2 Å². The van der Waals surface area contributed by atoms with Crippen LogP contribution in [0.1, 0.15) is 29.8 Å². The van der Waals surface area contributed by atoms with E-state index in [1.165, 1.54) is 30.5 Å². The lowest BCUT2D eigenvalue weighted by Crippen LogP contribution is -2.31. The Morgan fingerprint density at radius 1 is 1.18 bits per heavy atom. The number of aryl methyl sites for hydroxylation is 1. The maximum atomic E-state index is 12.4. The summed E-state index contributed by atoms with van der Waals surface area (Å²) in [6, 6.07) is 9.26. The van der Waals surface area contributed by atoms with Gasteiger partial charge in [0, 0.05) is 29.4 Å². The predicted octanol–water partition coefficient (Wildman–Crippen LogP) is 5.31. The monoisotopic (exact) mass is 458 g/mol. The number of carbonyl (C=O) groups is 1. The summed E-state index contributed by atoms with van der Waals surface area (Å²) in [4.78, 5) is 20.7. The molecule has 33 heavy (non-hydrogen) atoms. The smallest absolute Gasteiger partial charge is 0.406 e. The van der Waals surface area contributed by atoms with E-state index < -0.39 is 18.4 Å². The molecule has 11 heteroatoms. The summed E-state index contributed by atoms with van der Waals surface area (Å²) in [5.74, 6) is -0.178. The van der Waals surface area contributed by atoms with Crippen LogP contribution in [0.3, 0.4) is 0 Å². The summed E-state index contributed by atoms with van der Waals surface area (Å²) < 4.78 is 41.2. The summed E-state index contributed by atoms with van der Waals surface area (Å²) in [5.41, 5.74) is 3.07. The number of alkyl halides is 3. The number of rotatable bonds is 7. The third-order valence-corrected chi connectivity index (χ3v) is 4.45. The zero-order valence-corrected chi connectivity index (χ0v) is 17.7. The molecule has 0 fully saturated rings. The lowest BCUT2D eigenvalue weighted by Gasteiger charge is -2.17. The van der Waals surface area contributed by atoms with Crippen LogP contribution in [0.2, 0.25) is 0 Å². The Bertz CT molecular complexity index is 1150. The van der Waals surface area contributed by atoms with Gasteiger partial charge in [-0.15, -0.1) is 13.2 Å². The number of hydrogen-bond acceptors (Lipinski definition) is 6. The maximum absolute atomic E-state index is 12.4. The molecule has 4 N–H and O–H groups in total. The number of amides is 2. The Kier molecular flexibility index (Phi) is 7.11. The Hall–Kier alpha value is -4.15. The van der Waals surface area contributed by atoms with Gasteiger partial charge in [0.05, 0.1) is 17.9 Å². The minimum Gasteiger partial charge on any atom is -0.406 e. The first-order chi connectivity index (χ1) is 15.6. The number of nitrogens with zero attached hydrogens (tertiary/aromatic N) is 2. The number of ether oxygens (including phenoxy) is 1. The van der Waals surface area contributed by atoms with E-state index in [1.54, 1.807) is 25.3 Å². The molecule has 172 valence electrons. The van der Waals surface area contributed by atoms with Crippen LogP contribution in [-0.4, -0.2) is 28.6 Å². The number of hydrogen-bond donors (Lipinski definition) is 4. The van der Waals surface area contributed by atoms with Crippen LogP contribution in [0.15, 0.2) is 54.9 Å². The fourth-order valence-electron chi connectivity index (χ4n) is 2.96. The summed E-state index contributed by atoms with van der Waals surface area (Å²) in [7, 11) is 0. The second-order valence-corrected chi connectivity index (χ2v) is 7.05. The van der Waals surface area contributed by atoms with Gasteiger partial charge in [-0.2, -0.15) is 0 Å². The highest BCUT2D eigenvalue weighted by atomic mass is 19.4. The Morgan fingerprint density at radius 3 is 2.67 bits per heavy atom. The van der Waals surface area contributed by atoms with E-state index >= 15 is 0 Å². The fourth-order valence-corrected chi connectivity index (χ4v) is 2.96. The molecule has 1 atom stereocenters. The first kappa shape index (κ1) is 23.5. The highest BCUT2D eigenvalue weighted by Crippen LogP contribution is 2.26. The van der Waals surface area contributed by atoms with E-state index in [4.69, 9.17) is 5.41 Å². The zero-order valence-electron chi connectivity index (χ0n) is 17.7. The summed E-state index contributed by atoms with van der Waals surface area (Å²) in [6.45, 7) is 3.47. The Balaban J connectivity index is 1.65. The predicted molar refractivity (Wildman–Crippen MR) is 118 cm³/mol. The SMILES string of the molecule is Cc1cc(Nc2cnc(NC(=O)NC(C)c3cccc(OC(F)(F)F)c3)cc2C=N)ccn1. The lowest BCUT2D eigenvalue weighted by molar-refractivity contribution is -0.274. The van der Waals surface area contributed by atoms with Gasteiger partial charge in [0.1, 0.15) is 11.6 Å². The molecule has 0 saturated heterocycles. The van der Waals surface area contributed by atoms with E-state index in [2.05, 4.69) is 30.7 Å². The third-order valence-electron chi connectivity index (χ3n) is 4.45. The van der Waals surface area contributed by atoms with Crippen LogP contribution in [-0.2, 0) is 0 Å². The van der Waals surface area contributed by atoms with Gasteiger partial charge >= 0.3 is 12.4 Å². The normalized spacial score (nSPS) is 11.9. The summed E-state index contributed by atoms with van der Waals surface area (Å²) in [5, 5.41) is 16.0. The third kappa shape index (κ3) is 6.92. The van der Waals surface area contributed by atoms with Gasteiger partial charge in [0.2, 0.25) is 0 Å². The molecule has 2 amide bonds. The molecule has 3 aromatic rings. The van der Waals surface area contributed by atoms with Gasteiger partial charge in [-0.25, -0.2) is 9.78 Å². The molecule has 0 radical (unpaired) electrons. The van der Waals surface area contributed by atoms with Gasteiger partial charge in [-0.3, -0.25) is 10.3 Å². The molecule has 2 aromatic heterocycles. The first-order valence-corrected chi connectivity index (χ1v) is 9.76. The summed E-state index contributed by atoms with van der Waals surface area (Å²) in [6.07, 6.45) is -0.549. The molecule has 0 spiro atoms. The molecule has 3 rings (SSSR count). The van der Waals surface area contributed by atoms with E-state index in [9.17, 15) is 18.0 Å². The molecule has 0 aliphatic heterocycles. The number of pyridine rings is 2. The second-order valence-electron chi connectivity index (χ2n) is 7.05. The van der Waals surface area contributed by atoms with Gasteiger partial charge in [0.25, 0.3) is 0 Å². The van der Waals surface area contributed by atoms with Gasteiger partial charge in [-0.1, -0.05) is 12.1 Å². The van der Waals surface area contributed by atoms with Gasteiger partial charge in [0.15, 0.2) is 0 Å². The number of halogens is 3. The van der Waals surface area contributed by atoms with E-state index in [1.807, 2.05) is 13.0 Å². The first-order valence-electron chi connectivity index (χ1n) is 9.76. The van der Waals surface area contributed by atoms with Gasteiger partial charge in [-0.05, 0) is 49.7 Å². The van der Waals surface area contributed by atoms with Crippen LogP contribution in [0.25, 0.3) is 0 Å². The van der Waals surface area contributed by atoms with Crippen molar-refractivity contribution in [3.8, 4) is 5.75 Å². The van der Waals surface area contributed by atoms with Crippen LogP contribution in [0.5, 0.6) is 5.75 Å².